The van der Waals surface area contributed by atoms with Crippen LogP contribution in [0.3, 0.4) is 0 Å². The second kappa shape index (κ2) is 6.87. The highest BCUT2D eigenvalue weighted by molar-refractivity contribution is 5.01. The Morgan fingerprint density at radius 2 is 2.24 bits per heavy atom. The molecule has 0 N–H and O–H groups in total. The molecule has 2 saturated heterocycles. The standard InChI is InChI=1S/C15H25N3O3/c1-17-5-4-16-15(17)14-12(3-6-21-14)9-18-10-13(11-18)20-8-7-19-2/h4-5,12-14H,3,6-11H2,1-2H3/t12-,14+/m0/s1. The first-order chi connectivity index (χ1) is 10.3. The van der Waals surface area contributed by atoms with Gasteiger partial charge in [0, 0.05) is 58.7 Å². The molecular weight excluding hydrogens is 270 g/mol. The summed E-state index contributed by atoms with van der Waals surface area (Å²) in [6.07, 6.45) is 5.45. The van der Waals surface area contributed by atoms with Gasteiger partial charge < -0.3 is 18.8 Å². The highest BCUT2D eigenvalue weighted by atomic mass is 16.5. The summed E-state index contributed by atoms with van der Waals surface area (Å²) in [6, 6.07) is 0. The smallest absolute Gasteiger partial charge is 0.137 e. The van der Waals surface area contributed by atoms with E-state index in [4.69, 9.17) is 14.2 Å². The largest absolute Gasteiger partial charge is 0.382 e. The Bertz CT molecular complexity index is 445. The Morgan fingerprint density at radius 3 is 2.95 bits per heavy atom. The summed E-state index contributed by atoms with van der Waals surface area (Å²) in [5.41, 5.74) is 0. The van der Waals surface area contributed by atoms with Crippen LogP contribution in [-0.2, 0) is 21.3 Å². The Kier molecular flexibility index (Phi) is 4.90. The fraction of sp³-hybridized carbons (Fsp3) is 0.800. The van der Waals surface area contributed by atoms with Crippen molar-refractivity contribution in [2.24, 2.45) is 13.0 Å². The topological polar surface area (TPSA) is 48.8 Å². The van der Waals surface area contributed by atoms with Gasteiger partial charge in [0.15, 0.2) is 0 Å². The number of hydrogen-bond acceptors (Lipinski definition) is 5. The number of imidazole rings is 1. The van der Waals surface area contributed by atoms with E-state index in [0.29, 0.717) is 25.2 Å². The van der Waals surface area contributed by atoms with Crippen LogP contribution >= 0.6 is 0 Å². The molecule has 0 amide bonds. The number of hydrogen-bond donors (Lipinski definition) is 0. The van der Waals surface area contributed by atoms with Gasteiger partial charge in [-0.3, -0.25) is 4.90 Å². The lowest BCUT2D eigenvalue weighted by atomic mass is 9.98. The third kappa shape index (κ3) is 3.45. The maximum Gasteiger partial charge on any atom is 0.137 e. The predicted molar refractivity (Wildman–Crippen MR) is 78.1 cm³/mol. The average molecular weight is 295 g/mol. The van der Waals surface area contributed by atoms with Crippen molar-refractivity contribution in [2.75, 3.05) is 46.6 Å². The summed E-state index contributed by atoms with van der Waals surface area (Å²) in [5, 5.41) is 0. The first-order valence-electron chi connectivity index (χ1n) is 7.69. The van der Waals surface area contributed by atoms with Gasteiger partial charge in [0.1, 0.15) is 11.9 Å². The molecule has 3 rings (SSSR count). The lowest BCUT2D eigenvalue weighted by Gasteiger charge is -2.40. The molecular formula is C15H25N3O3. The molecule has 0 saturated carbocycles. The fourth-order valence-corrected chi connectivity index (χ4v) is 3.16. The van der Waals surface area contributed by atoms with E-state index in [2.05, 4.69) is 14.5 Å². The van der Waals surface area contributed by atoms with Gasteiger partial charge in [-0.1, -0.05) is 0 Å². The molecule has 0 unspecified atom stereocenters. The van der Waals surface area contributed by atoms with Gasteiger partial charge in [-0.15, -0.1) is 0 Å². The van der Waals surface area contributed by atoms with E-state index in [1.165, 1.54) is 0 Å². The highest BCUT2D eigenvalue weighted by Gasteiger charge is 2.36. The zero-order valence-electron chi connectivity index (χ0n) is 12.9. The molecule has 0 radical (unpaired) electrons. The molecule has 6 heteroatoms. The molecule has 0 aromatic carbocycles. The minimum atomic E-state index is 0.137. The van der Waals surface area contributed by atoms with Gasteiger partial charge in [-0.2, -0.15) is 0 Å². The molecule has 2 atom stereocenters. The summed E-state index contributed by atoms with van der Waals surface area (Å²) < 4.78 is 18.7. The molecule has 2 aliphatic heterocycles. The van der Waals surface area contributed by atoms with E-state index in [0.717, 1.165) is 38.5 Å². The third-order valence-corrected chi connectivity index (χ3v) is 4.38. The van der Waals surface area contributed by atoms with Crippen molar-refractivity contribution in [1.29, 1.82) is 0 Å². The van der Waals surface area contributed by atoms with E-state index in [-0.39, 0.29) is 6.10 Å². The van der Waals surface area contributed by atoms with E-state index >= 15 is 0 Å². The number of ether oxygens (including phenoxy) is 3. The molecule has 118 valence electrons. The summed E-state index contributed by atoms with van der Waals surface area (Å²) >= 11 is 0. The summed E-state index contributed by atoms with van der Waals surface area (Å²) in [7, 11) is 3.73. The minimum absolute atomic E-state index is 0.137. The van der Waals surface area contributed by atoms with Crippen LogP contribution in [0, 0.1) is 5.92 Å². The maximum atomic E-state index is 5.91. The van der Waals surface area contributed by atoms with E-state index < -0.39 is 0 Å². The van der Waals surface area contributed by atoms with Gasteiger partial charge in [-0.05, 0) is 6.42 Å². The molecule has 21 heavy (non-hydrogen) atoms. The lowest BCUT2D eigenvalue weighted by Crippen LogP contribution is -2.54. The Labute approximate surface area is 126 Å². The third-order valence-electron chi connectivity index (χ3n) is 4.38. The van der Waals surface area contributed by atoms with Crippen LogP contribution in [0.1, 0.15) is 18.3 Å². The fourth-order valence-electron chi connectivity index (χ4n) is 3.16. The summed E-state index contributed by atoms with van der Waals surface area (Å²) in [6.45, 7) is 5.32. The molecule has 0 bridgehead atoms. The van der Waals surface area contributed by atoms with E-state index in [1.54, 1.807) is 7.11 Å². The maximum absolute atomic E-state index is 5.91. The summed E-state index contributed by atoms with van der Waals surface area (Å²) in [4.78, 5) is 6.90. The van der Waals surface area contributed by atoms with E-state index in [1.807, 2.05) is 19.4 Å². The molecule has 2 fully saturated rings. The zero-order chi connectivity index (χ0) is 14.7. The van der Waals surface area contributed by atoms with Gasteiger partial charge >= 0.3 is 0 Å². The number of aryl methyl sites for hydroxylation is 1. The number of methoxy groups -OCH3 is 1. The van der Waals surface area contributed by atoms with Crippen LogP contribution < -0.4 is 0 Å². The van der Waals surface area contributed by atoms with Crippen LogP contribution in [0.2, 0.25) is 0 Å². The van der Waals surface area contributed by atoms with Crippen molar-refractivity contribution in [1.82, 2.24) is 14.5 Å². The Balaban J connectivity index is 1.45. The molecule has 1 aromatic rings. The van der Waals surface area contributed by atoms with Gasteiger partial charge in [0.05, 0.1) is 19.3 Å². The van der Waals surface area contributed by atoms with Crippen LogP contribution in [0.15, 0.2) is 12.4 Å². The molecule has 1 aromatic heterocycles. The monoisotopic (exact) mass is 295 g/mol. The van der Waals surface area contributed by atoms with Crippen molar-refractivity contribution >= 4 is 0 Å². The highest BCUT2D eigenvalue weighted by Crippen LogP contribution is 2.34. The summed E-state index contributed by atoms with van der Waals surface area (Å²) in [5.74, 6) is 1.58. The molecule has 6 nitrogen and oxygen atoms in total. The lowest BCUT2D eigenvalue weighted by molar-refractivity contribution is -0.0743. The predicted octanol–water partition coefficient (Wildman–Crippen LogP) is 0.845. The molecule has 2 aliphatic rings. The van der Waals surface area contributed by atoms with Crippen LogP contribution in [0.5, 0.6) is 0 Å². The minimum Gasteiger partial charge on any atom is -0.382 e. The number of nitrogens with zero attached hydrogens (tertiary/aromatic N) is 3. The second-order valence-corrected chi connectivity index (χ2v) is 5.94. The van der Waals surface area contributed by atoms with Gasteiger partial charge in [-0.25, -0.2) is 4.98 Å². The average Bonchev–Trinajstić information content (AvgIpc) is 3.04. The number of likely N-dealkylation sites (tertiary alicyclic amines) is 1. The molecule has 3 heterocycles. The van der Waals surface area contributed by atoms with Crippen molar-refractivity contribution < 1.29 is 14.2 Å². The van der Waals surface area contributed by atoms with Crippen molar-refractivity contribution in [3.8, 4) is 0 Å². The van der Waals surface area contributed by atoms with Crippen LogP contribution in [0.4, 0.5) is 0 Å². The molecule has 0 aliphatic carbocycles. The number of aromatic nitrogens is 2. The second-order valence-electron chi connectivity index (χ2n) is 5.94. The zero-order valence-corrected chi connectivity index (χ0v) is 12.9. The first-order valence-corrected chi connectivity index (χ1v) is 7.69. The van der Waals surface area contributed by atoms with Crippen LogP contribution in [0.25, 0.3) is 0 Å². The Hall–Kier alpha value is -0.950. The van der Waals surface area contributed by atoms with Gasteiger partial charge in [0.2, 0.25) is 0 Å². The normalized spacial score (nSPS) is 27.1. The SMILES string of the molecule is COCCOC1CN(C[C@@H]2CCO[C@H]2c2nccn2C)C1. The van der Waals surface area contributed by atoms with E-state index in [9.17, 15) is 0 Å². The quantitative estimate of drug-likeness (QED) is 0.698. The van der Waals surface area contributed by atoms with Crippen molar-refractivity contribution in [2.45, 2.75) is 18.6 Å². The molecule has 0 spiro atoms. The Morgan fingerprint density at radius 1 is 1.38 bits per heavy atom. The van der Waals surface area contributed by atoms with Crippen molar-refractivity contribution in [3.05, 3.63) is 18.2 Å². The van der Waals surface area contributed by atoms with Gasteiger partial charge in [0.25, 0.3) is 0 Å². The first kappa shape index (κ1) is 15.0. The van der Waals surface area contributed by atoms with Crippen LogP contribution in [-0.4, -0.2) is 67.1 Å². The van der Waals surface area contributed by atoms with Crippen molar-refractivity contribution in [3.63, 3.8) is 0 Å². The number of rotatable bonds is 7.